The molecule has 0 saturated carbocycles. The first-order chi connectivity index (χ1) is 22.4. The molecule has 0 unspecified atom stereocenters. The number of rotatable bonds is 22. The SMILES string of the molecule is CCCCCCC1=C(c2cc(CCC)c(CCC)c(CCC)c2)[N+](=[N-])C(c2cc(CCC)c(CCC)c(CCC)c2)=C1CCCC. The van der Waals surface area contributed by atoms with Gasteiger partial charge in [-0.25, -0.2) is 4.70 Å². The molecule has 2 aromatic rings. The lowest BCUT2D eigenvalue weighted by molar-refractivity contribution is -0.345. The van der Waals surface area contributed by atoms with Crippen molar-refractivity contribution in [2.75, 3.05) is 0 Å². The Morgan fingerprint density at radius 2 is 0.739 bits per heavy atom. The third-order valence-electron chi connectivity index (χ3n) is 9.91. The second-order valence-corrected chi connectivity index (χ2v) is 13.9. The lowest BCUT2D eigenvalue weighted by Crippen LogP contribution is -2.08. The molecule has 1 heterocycles. The lowest BCUT2D eigenvalue weighted by Gasteiger charge is -2.19. The van der Waals surface area contributed by atoms with E-state index >= 15 is 0 Å². The molecule has 0 aliphatic carbocycles. The first-order valence-electron chi connectivity index (χ1n) is 19.7. The highest BCUT2D eigenvalue weighted by Gasteiger charge is 2.36. The summed E-state index contributed by atoms with van der Waals surface area (Å²) >= 11 is 0. The predicted molar refractivity (Wildman–Crippen MR) is 203 cm³/mol. The van der Waals surface area contributed by atoms with E-state index in [1.54, 1.807) is 15.8 Å². The van der Waals surface area contributed by atoms with Crippen molar-refractivity contribution >= 4 is 11.4 Å². The van der Waals surface area contributed by atoms with Gasteiger partial charge in [0.05, 0.1) is 0 Å². The summed E-state index contributed by atoms with van der Waals surface area (Å²) in [6.07, 6.45) is 22.9. The maximum atomic E-state index is 12.5. The van der Waals surface area contributed by atoms with Gasteiger partial charge < -0.3 is 5.53 Å². The van der Waals surface area contributed by atoms with Crippen LogP contribution in [0, 0.1) is 0 Å². The molecule has 3 rings (SSSR count). The number of nitrogens with zero attached hydrogens (tertiary/aromatic N) is 2. The second kappa shape index (κ2) is 20.0. The van der Waals surface area contributed by atoms with Crippen molar-refractivity contribution < 1.29 is 4.70 Å². The molecule has 0 saturated heterocycles. The maximum Gasteiger partial charge on any atom is 0.211 e. The van der Waals surface area contributed by atoms with Gasteiger partial charge in [0, 0.05) is 22.3 Å². The minimum atomic E-state index is 1.02. The van der Waals surface area contributed by atoms with Crippen LogP contribution in [-0.2, 0) is 38.5 Å². The average Bonchev–Trinajstić information content (AvgIpc) is 3.31. The number of allylic oxidation sites excluding steroid dienone is 2. The van der Waals surface area contributed by atoms with Gasteiger partial charge >= 0.3 is 0 Å². The van der Waals surface area contributed by atoms with Crippen LogP contribution in [0.15, 0.2) is 35.4 Å². The number of unbranched alkanes of at least 4 members (excludes halogenated alkanes) is 4. The van der Waals surface area contributed by atoms with Crippen molar-refractivity contribution in [3.63, 3.8) is 0 Å². The van der Waals surface area contributed by atoms with Crippen LogP contribution in [-0.4, -0.2) is 4.70 Å². The summed E-state index contributed by atoms with van der Waals surface area (Å²) in [6, 6.07) is 9.86. The minimum absolute atomic E-state index is 1.02. The van der Waals surface area contributed by atoms with Crippen molar-refractivity contribution in [3.8, 4) is 0 Å². The number of aryl methyl sites for hydroxylation is 4. The molecule has 0 bridgehead atoms. The van der Waals surface area contributed by atoms with Gasteiger partial charge in [-0.2, -0.15) is 0 Å². The summed E-state index contributed by atoms with van der Waals surface area (Å²) < 4.78 is 1.67. The van der Waals surface area contributed by atoms with Crippen LogP contribution in [0.2, 0.25) is 0 Å². The predicted octanol–water partition coefficient (Wildman–Crippen LogP) is 13.7. The fourth-order valence-electron chi connectivity index (χ4n) is 7.85. The highest BCUT2D eigenvalue weighted by Crippen LogP contribution is 2.46. The third-order valence-corrected chi connectivity index (χ3v) is 9.91. The summed E-state index contributed by atoms with van der Waals surface area (Å²) in [6.45, 7) is 18.4. The first kappa shape index (κ1) is 38.0. The van der Waals surface area contributed by atoms with E-state index < -0.39 is 0 Å². The van der Waals surface area contributed by atoms with E-state index in [9.17, 15) is 5.53 Å². The van der Waals surface area contributed by atoms with Gasteiger partial charge in [0.25, 0.3) is 0 Å². The highest BCUT2D eigenvalue weighted by molar-refractivity contribution is 5.83. The normalized spacial score (nSPS) is 13.5. The maximum absolute atomic E-state index is 12.5. The van der Waals surface area contributed by atoms with Crippen LogP contribution in [0.5, 0.6) is 0 Å². The van der Waals surface area contributed by atoms with E-state index in [0.717, 1.165) is 101 Å². The van der Waals surface area contributed by atoms with E-state index in [2.05, 4.69) is 79.7 Å². The Morgan fingerprint density at radius 3 is 1.07 bits per heavy atom. The van der Waals surface area contributed by atoms with Gasteiger partial charge in [0.1, 0.15) is 0 Å². The Balaban J connectivity index is 2.34. The molecule has 2 heteroatoms. The third kappa shape index (κ3) is 9.32. The van der Waals surface area contributed by atoms with Crippen molar-refractivity contribution in [3.05, 3.63) is 85.5 Å². The molecule has 0 fully saturated rings. The Labute approximate surface area is 284 Å². The number of hydrogen-bond donors (Lipinski definition) is 0. The Hall–Kier alpha value is -2.48. The van der Waals surface area contributed by atoms with E-state index in [4.69, 9.17) is 0 Å². The lowest BCUT2D eigenvalue weighted by atomic mass is 9.86. The molecule has 0 atom stereocenters. The van der Waals surface area contributed by atoms with Gasteiger partial charge in [-0.15, -0.1) is 0 Å². The molecule has 0 radical (unpaired) electrons. The van der Waals surface area contributed by atoms with Gasteiger partial charge in [-0.1, -0.05) is 120 Å². The summed E-state index contributed by atoms with van der Waals surface area (Å²) in [5.74, 6) is 0. The fourth-order valence-corrected chi connectivity index (χ4v) is 7.85. The fraction of sp³-hybridized carbons (Fsp3) is 0.636. The Morgan fingerprint density at radius 1 is 0.391 bits per heavy atom. The summed E-state index contributed by atoms with van der Waals surface area (Å²) in [5.41, 5.74) is 29.1. The molecular formula is C44H68N2. The van der Waals surface area contributed by atoms with Gasteiger partial charge in [-0.05, 0) is 122 Å². The van der Waals surface area contributed by atoms with Gasteiger partial charge in [0.2, 0.25) is 11.4 Å². The highest BCUT2D eigenvalue weighted by atomic mass is 15.2. The molecule has 1 aliphatic heterocycles. The van der Waals surface area contributed by atoms with Gasteiger partial charge in [0.15, 0.2) is 0 Å². The van der Waals surface area contributed by atoms with Crippen LogP contribution in [0.3, 0.4) is 0 Å². The van der Waals surface area contributed by atoms with Crippen LogP contribution in [0.4, 0.5) is 0 Å². The Bertz CT molecular complexity index is 1280. The Kier molecular flexibility index (Phi) is 16.5. The summed E-state index contributed by atoms with van der Waals surface area (Å²) in [5, 5.41) is 0. The van der Waals surface area contributed by atoms with E-state index in [1.165, 1.54) is 83.1 Å². The zero-order chi connectivity index (χ0) is 33.5. The largest absolute Gasteiger partial charge is 0.493 e. The van der Waals surface area contributed by atoms with Crippen molar-refractivity contribution in [2.45, 2.75) is 184 Å². The molecule has 0 N–H and O–H groups in total. The second-order valence-electron chi connectivity index (χ2n) is 13.9. The summed E-state index contributed by atoms with van der Waals surface area (Å²) in [4.78, 5) is 0. The molecule has 46 heavy (non-hydrogen) atoms. The molecule has 0 aromatic heterocycles. The van der Waals surface area contributed by atoms with Crippen LogP contribution < -0.4 is 0 Å². The quantitative estimate of drug-likeness (QED) is 0.0920. The minimum Gasteiger partial charge on any atom is -0.493 e. The van der Waals surface area contributed by atoms with Gasteiger partial charge in [-0.3, -0.25) is 0 Å². The zero-order valence-electron chi connectivity index (χ0n) is 31.3. The molecule has 2 nitrogen and oxygen atoms in total. The molecule has 2 aromatic carbocycles. The van der Waals surface area contributed by atoms with E-state index in [-0.39, 0.29) is 0 Å². The number of hydrogen-bond acceptors (Lipinski definition) is 0. The monoisotopic (exact) mass is 625 g/mol. The standard InChI is InChI=1S/C44H68N2/c1-9-17-19-20-28-42-41(27-18-10-2)43(37-29-33(21-11-3)39(25-15-7)34(30-37)22-12-4)46(45)44(42)38-31-35(23-13-5)40(26-16-8)36(32-38)24-14-6/h29-32H,9-28H2,1-8H3. The van der Waals surface area contributed by atoms with Crippen LogP contribution >= 0.6 is 0 Å². The zero-order valence-corrected chi connectivity index (χ0v) is 31.3. The summed E-state index contributed by atoms with van der Waals surface area (Å²) in [7, 11) is 0. The molecule has 0 amide bonds. The van der Waals surface area contributed by atoms with Crippen molar-refractivity contribution in [1.29, 1.82) is 0 Å². The molecule has 254 valence electrons. The molecular weight excluding hydrogens is 556 g/mol. The van der Waals surface area contributed by atoms with Crippen LogP contribution in [0.25, 0.3) is 16.9 Å². The average molecular weight is 625 g/mol. The first-order valence-corrected chi connectivity index (χ1v) is 19.7. The van der Waals surface area contributed by atoms with E-state index in [1.807, 2.05) is 0 Å². The molecule has 1 aliphatic rings. The van der Waals surface area contributed by atoms with E-state index in [0.29, 0.717) is 0 Å². The van der Waals surface area contributed by atoms with Crippen molar-refractivity contribution in [1.82, 2.24) is 0 Å². The van der Waals surface area contributed by atoms with Crippen LogP contribution in [0.1, 0.15) is 190 Å². The topological polar surface area (TPSA) is 25.3 Å². The number of benzene rings is 2. The molecule has 0 spiro atoms. The smallest absolute Gasteiger partial charge is 0.211 e. The van der Waals surface area contributed by atoms with Crippen molar-refractivity contribution in [2.24, 2.45) is 0 Å².